The molecule has 0 spiro atoms. The predicted octanol–water partition coefficient (Wildman–Crippen LogP) is 3.20. The molecule has 0 amide bonds. The van der Waals surface area contributed by atoms with Gasteiger partial charge in [0.05, 0.1) is 4.90 Å². The van der Waals surface area contributed by atoms with E-state index < -0.39 is 10.0 Å². The summed E-state index contributed by atoms with van der Waals surface area (Å²) < 4.78 is 28.2. The summed E-state index contributed by atoms with van der Waals surface area (Å²) in [5, 5.41) is 0. The van der Waals surface area contributed by atoms with Crippen LogP contribution in [0.15, 0.2) is 21.5 Å². The fraction of sp³-hybridized carbons (Fsp3) is 0.538. The van der Waals surface area contributed by atoms with Crippen LogP contribution in [0.25, 0.3) is 0 Å². The Kier molecular flexibility index (Phi) is 5.82. The lowest BCUT2D eigenvalue weighted by Gasteiger charge is -2.18. The van der Waals surface area contributed by atoms with E-state index in [1.54, 1.807) is 19.1 Å². The van der Waals surface area contributed by atoms with Gasteiger partial charge in [0.25, 0.3) is 0 Å². The minimum absolute atomic E-state index is 0.0328. The van der Waals surface area contributed by atoms with Crippen molar-refractivity contribution in [3.05, 3.63) is 22.2 Å². The number of anilines is 1. The van der Waals surface area contributed by atoms with Gasteiger partial charge in [-0.25, -0.2) is 13.1 Å². The number of hydrogen-bond donors (Lipinski definition) is 2. The number of halogens is 1. The molecular weight excluding hydrogens is 328 g/mol. The highest BCUT2D eigenvalue weighted by Gasteiger charge is 2.22. The average Bonchev–Trinajstić information content (AvgIpc) is 2.32. The van der Waals surface area contributed by atoms with Gasteiger partial charge in [-0.05, 0) is 37.5 Å². The molecule has 1 unspecified atom stereocenters. The van der Waals surface area contributed by atoms with Gasteiger partial charge < -0.3 is 5.73 Å². The minimum atomic E-state index is -3.53. The van der Waals surface area contributed by atoms with Gasteiger partial charge in [0.2, 0.25) is 10.0 Å². The predicted molar refractivity (Wildman–Crippen MR) is 82.6 cm³/mol. The molecule has 1 aromatic carbocycles. The van der Waals surface area contributed by atoms with Gasteiger partial charge in [0.15, 0.2) is 0 Å². The largest absolute Gasteiger partial charge is 0.398 e. The summed E-state index contributed by atoms with van der Waals surface area (Å²) in [7, 11) is -3.53. The van der Waals surface area contributed by atoms with Crippen LogP contribution in [0.5, 0.6) is 0 Å². The summed E-state index contributed by atoms with van der Waals surface area (Å²) in [4.78, 5) is 0.244. The summed E-state index contributed by atoms with van der Waals surface area (Å²) in [5.41, 5.74) is 6.87. The van der Waals surface area contributed by atoms with Gasteiger partial charge in [-0.15, -0.1) is 0 Å². The standard InChI is InChI=1S/C13H21BrN2O2S/c1-4-6-11(5-2)16-19(17,18)13-8-10(14)7-12(15)9(13)3/h7-8,11,16H,4-6,15H2,1-3H3. The van der Waals surface area contributed by atoms with Crippen molar-refractivity contribution in [3.8, 4) is 0 Å². The molecule has 0 aliphatic carbocycles. The quantitative estimate of drug-likeness (QED) is 0.775. The van der Waals surface area contributed by atoms with Crippen LogP contribution in [0.1, 0.15) is 38.7 Å². The maximum Gasteiger partial charge on any atom is 0.241 e. The van der Waals surface area contributed by atoms with Gasteiger partial charge in [-0.1, -0.05) is 36.2 Å². The van der Waals surface area contributed by atoms with E-state index in [-0.39, 0.29) is 10.9 Å². The minimum Gasteiger partial charge on any atom is -0.398 e. The lowest BCUT2D eigenvalue weighted by Crippen LogP contribution is -2.34. The first-order valence-electron chi connectivity index (χ1n) is 6.39. The smallest absolute Gasteiger partial charge is 0.241 e. The maximum absolute atomic E-state index is 12.4. The van der Waals surface area contributed by atoms with Crippen LogP contribution in [0, 0.1) is 6.92 Å². The summed E-state index contributed by atoms with van der Waals surface area (Å²) >= 11 is 3.28. The van der Waals surface area contributed by atoms with Gasteiger partial charge >= 0.3 is 0 Å². The zero-order valence-corrected chi connectivity index (χ0v) is 13.9. The fourth-order valence-corrected chi connectivity index (χ4v) is 4.21. The molecule has 0 bridgehead atoms. The van der Waals surface area contributed by atoms with Crippen molar-refractivity contribution >= 4 is 31.6 Å². The summed E-state index contributed by atoms with van der Waals surface area (Å²) in [5.74, 6) is 0. The van der Waals surface area contributed by atoms with E-state index in [0.717, 1.165) is 19.3 Å². The first kappa shape index (κ1) is 16.5. The normalized spacial score (nSPS) is 13.5. The molecule has 1 atom stereocenters. The van der Waals surface area contributed by atoms with Gasteiger partial charge in [0.1, 0.15) is 0 Å². The lowest BCUT2D eigenvalue weighted by molar-refractivity contribution is 0.512. The van der Waals surface area contributed by atoms with Crippen molar-refractivity contribution in [1.82, 2.24) is 4.72 Å². The van der Waals surface area contributed by atoms with Crippen LogP contribution in [0.2, 0.25) is 0 Å². The molecule has 0 aromatic heterocycles. The average molecular weight is 349 g/mol. The molecule has 4 nitrogen and oxygen atoms in total. The molecule has 0 saturated carbocycles. The van der Waals surface area contributed by atoms with Crippen LogP contribution < -0.4 is 10.5 Å². The molecule has 108 valence electrons. The Morgan fingerprint density at radius 3 is 2.53 bits per heavy atom. The molecule has 0 radical (unpaired) electrons. The number of sulfonamides is 1. The van der Waals surface area contributed by atoms with E-state index in [1.807, 2.05) is 13.8 Å². The van der Waals surface area contributed by atoms with Gasteiger partial charge in [-0.3, -0.25) is 0 Å². The van der Waals surface area contributed by atoms with Crippen molar-refractivity contribution in [2.24, 2.45) is 0 Å². The number of nitrogens with one attached hydrogen (secondary N) is 1. The Bertz CT molecular complexity index is 544. The van der Waals surface area contributed by atoms with E-state index in [2.05, 4.69) is 20.7 Å². The number of nitrogen functional groups attached to an aromatic ring is 1. The first-order valence-corrected chi connectivity index (χ1v) is 8.67. The van der Waals surface area contributed by atoms with Crippen molar-refractivity contribution in [2.75, 3.05) is 5.73 Å². The van der Waals surface area contributed by atoms with Crippen LogP contribution in [-0.4, -0.2) is 14.5 Å². The third-order valence-electron chi connectivity index (χ3n) is 3.11. The Morgan fingerprint density at radius 2 is 2.00 bits per heavy atom. The van der Waals surface area contributed by atoms with E-state index in [9.17, 15) is 8.42 Å². The fourth-order valence-electron chi connectivity index (χ4n) is 1.93. The maximum atomic E-state index is 12.4. The Morgan fingerprint density at radius 1 is 1.37 bits per heavy atom. The molecule has 0 saturated heterocycles. The Hall–Kier alpha value is -0.590. The number of nitrogens with two attached hydrogens (primary N) is 1. The third kappa shape index (κ3) is 4.19. The number of benzene rings is 1. The molecule has 0 aliphatic rings. The Labute approximate surface area is 124 Å². The van der Waals surface area contributed by atoms with Crippen LogP contribution >= 0.6 is 15.9 Å². The highest BCUT2D eigenvalue weighted by molar-refractivity contribution is 9.10. The lowest BCUT2D eigenvalue weighted by atomic mass is 10.1. The van der Waals surface area contributed by atoms with Crippen LogP contribution in [0.4, 0.5) is 5.69 Å². The highest BCUT2D eigenvalue weighted by Crippen LogP contribution is 2.26. The first-order chi connectivity index (χ1) is 8.81. The molecule has 0 aliphatic heterocycles. The molecular formula is C13H21BrN2O2S. The van der Waals surface area contributed by atoms with Gasteiger partial charge in [0, 0.05) is 16.2 Å². The zero-order valence-electron chi connectivity index (χ0n) is 11.5. The van der Waals surface area contributed by atoms with Crippen LogP contribution in [0.3, 0.4) is 0 Å². The zero-order chi connectivity index (χ0) is 14.6. The van der Waals surface area contributed by atoms with Crippen molar-refractivity contribution in [3.63, 3.8) is 0 Å². The Balaban J connectivity index is 3.13. The van der Waals surface area contributed by atoms with Crippen molar-refractivity contribution in [1.29, 1.82) is 0 Å². The summed E-state index contributed by atoms with van der Waals surface area (Å²) in [6.07, 6.45) is 2.55. The topological polar surface area (TPSA) is 72.2 Å². The highest BCUT2D eigenvalue weighted by atomic mass is 79.9. The molecule has 6 heteroatoms. The van der Waals surface area contributed by atoms with E-state index >= 15 is 0 Å². The van der Waals surface area contributed by atoms with E-state index in [1.165, 1.54) is 0 Å². The van der Waals surface area contributed by atoms with Gasteiger partial charge in [-0.2, -0.15) is 0 Å². The number of hydrogen-bond acceptors (Lipinski definition) is 3. The molecule has 0 fully saturated rings. The molecule has 19 heavy (non-hydrogen) atoms. The second-order valence-corrected chi connectivity index (χ2v) is 7.23. The molecule has 1 rings (SSSR count). The number of rotatable bonds is 6. The van der Waals surface area contributed by atoms with Crippen molar-refractivity contribution < 1.29 is 8.42 Å². The summed E-state index contributed by atoms with van der Waals surface area (Å²) in [6.45, 7) is 5.74. The molecule has 0 heterocycles. The molecule has 3 N–H and O–H groups in total. The SMILES string of the molecule is CCCC(CC)NS(=O)(=O)c1cc(Br)cc(N)c1C. The second kappa shape index (κ2) is 6.72. The summed E-state index contributed by atoms with van der Waals surface area (Å²) in [6, 6.07) is 3.26. The monoisotopic (exact) mass is 348 g/mol. The van der Waals surface area contributed by atoms with Crippen LogP contribution in [-0.2, 0) is 10.0 Å². The second-order valence-electron chi connectivity index (χ2n) is 4.63. The van der Waals surface area contributed by atoms with Crippen molar-refractivity contribution in [2.45, 2.75) is 51.0 Å². The molecule has 1 aromatic rings. The van der Waals surface area contributed by atoms with E-state index in [4.69, 9.17) is 5.73 Å². The van der Waals surface area contributed by atoms with E-state index in [0.29, 0.717) is 15.7 Å². The third-order valence-corrected chi connectivity index (χ3v) is 5.21.